The normalized spacial score (nSPS) is 9.00. The number of hydrogen-bond donors (Lipinski definition) is 2. The lowest BCUT2D eigenvalue weighted by molar-refractivity contribution is -0.387. The monoisotopic (exact) mass is 552 g/mol. The predicted octanol–water partition coefficient (Wildman–Crippen LogP) is 5.17. The van der Waals surface area contributed by atoms with Gasteiger partial charge in [0, 0.05) is 31.3 Å². The van der Waals surface area contributed by atoms with E-state index in [-0.39, 0.29) is 32.7 Å². The molecule has 0 aliphatic carbocycles. The van der Waals surface area contributed by atoms with E-state index in [9.17, 15) is 33.4 Å². The van der Waals surface area contributed by atoms with Crippen LogP contribution >= 0.6 is 44.3 Å². The van der Waals surface area contributed by atoms with Crippen molar-refractivity contribution in [1.29, 1.82) is 0 Å². The molecule has 0 saturated carbocycles. The van der Waals surface area contributed by atoms with Gasteiger partial charge in [0.25, 0.3) is 5.69 Å². The quantitative estimate of drug-likeness (QED) is 0.307. The lowest BCUT2D eigenvalue weighted by Gasteiger charge is -2.02. The van der Waals surface area contributed by atoms with Gasteiger partial charge >= 0.3 is 5.69 Å². The van der Waals surface area contributed by atoms with E-state index in [0.717, 1.165) is 18.2 Å². The minimum atomic E-state index is -1.18. The van der Waals surface area contributed by atoms with Gasteiger partial charge in [-0.1, -0.05) is 0 Å². The fraction of sp³-hybridized carbons (Fsp3) is 0.143. The van der Waals surface area contributed by atoms with Crippen LogP contribution in [0.1, 0.15) is 0 Å². The summed E-state index contributed by atoms with van der Waals surface area (Å²) in [5.74, 6) is -2.58. The van der Waals surface area contributed by atoms with E-state index in [1.807, 2.05) is 0 Å². The van der Waals surface area contributed by atoms with Crippen molar-refractivity contribution in [3.63, 3.8) is 0 Å². The topological polar surface area (TPSA) is 124 Å². The highest BCUT2D eigenvalue weighted by Crippen LogP contribution is 2.30. The number of nitrogens with two attached hydrogens (primary N) is 1. The Balaban J connectivity index is 0. The molecule has 0 aliphatic heterocycles. The highest BCUT2D eigenvalue weighted by molar-refractivity contribution is 9.10. The molecule has 2 aromatic rings. The minimum absolute atomic E-state index is 0. The van der Waals surface area contributed by atoms with Crippen molar-refractivity contribution in [1.82, 2.24) is 0 Å². The van der Waals surface area contributed by atoms with Gasteiger partial charge in [0.15, 0.2) is 0 Å². The first kappa shape index (κ1) is 28.3. The Morgan fingerprint density at radius 1 is 0.857 bits per heavy atom. The van der Waals surface area contributed by atoms with Crippen LogP contribution in [0.5, 0.6) is 0 Å². The maximum atomic E-state index is 12.9. The highest BCUT2D eigenvalue weighted by atomic mass is 79.9. The molecule has 2 rings (SSSR count). The van der Waals surface area contributed by atoms with Crippen LogP contribution in [0.4, 0.5) is 30.2 Å². The van der Waals surface area contributed by atoms with E-state index in [1.54, 1.807) is 0 Å². The molecule has 0 amide bonds. The van der Waals surface area contributed by atoms with Crippen LogP contribution in [-0.2, 0) is 0 Å². The predicted molar refractivity (Wildman–Crippen MR) is 108 cm³/mol. The molecule has 0 heterocycles. The van der Waals surface area contributed by atoms with E-state index in [2.05, 4.69) is 42.9 Å². The molecule has 0 aliphatic rings. The first-order valence-electron chi connectivity index (χ1n) is 6.76. The second-order valence-corrected chi connectivity index (χ2v) is 5.97. The third-order valence-electron chi connectivity index (χ3n) is 2.69. The largest absolute Gasteiger partial charge is 0.382 e. The summed E-state index contributed by atoms with van der Waals surface area (Å²) in [6.45, 7) is 0. The fourth-order valence-electron chi connectivity index (χ4n) is 1.54. The van der Waals surface area contributed by atoms with Crippen LogP contribution in [0.3, 0.4) is 0 Å². The van der Waals surface area contributed by atoms with Gasteiger partial charge in [-0.15, -0.1) is 12.4 Å². The van der Waals surface area contributed by atoms with Gasteiger partial charge in [0.1, 0.15) is 17.3 Å². The van der Waals surface area contributed by atoms with Crippen molar-refractivity contribution in [3.05, 3.63) is 70.9 Å². The van der Waals surface area contributed by atoms with E-state index < -0.39 is 33.0 Å². The molecule has 0 aromatic heterocycles. The average molecular weight is 555 g/mol. The Hall–Kier alpha value is -1.96. The molecular formula is C14H14Br2ClF3N4O4. The molecule has 8 nitrogen and oxygen atoms in total. The van der Waals surface area contributed by atoms with E-state index in [0.29, 0.717) is 6.07 Å². The summed E-state index contributed by atoms with van der Waals surface area (Å²) >= 11 is 5.57. The van der Waals surface area contributed by atoms with Gasteiger partial charge in [-0.05, 0) is 38.9 Å². The van der Waals surface area contributed by atoms with Gasteiger partial charge in [-0.25, -0.2) is 8.78 Å². The first-order valence-corrected chi connectivity index (χ1v) is 8.35. The molecule has 28 heavy (non-hydrogen) atoms. The number of benzene rings is 2. The molecule has 0 bridgehead atoms. The zero-order valence-electron chi connectivity index (χ0n) is 14.2. The van der Waals surface area contributed by atoms with E-state index >= 15 is 0 Å². The van der Waals surface area contributed by atoms with Crippen molar-refractivity contribution in [2.24, 2.45) is 5.73 Å². The Labute approximate surface area is 180 Å². The van der Waals surface area contributed by atoms with Crippen LogP contribution in [-0.4, -0.2) is 23.9 Å². The summed E-state index contributed by atoms with van der Waals surface area (Å²) in [7, 11) is 3.00. The van der Waals surface area contributed by atoms with Crippen LogP contribution < -0.4 is 11.1 Å². The molecule has 0 unspecified atom stereocenters. The molecule has 0 radical (unpaired) electrons. The molecule has 0 fully saturated rings. The summed E-state index contributed by atoms with van der Waals surface area (Å²) in [6.07, 6.45) is 0. The maximum Gasteiger partial charge on any atom is 0.306 e. The SMILES string of the molecule is CN.CNc1cc(F)c(Br)cc1[N+](=O)[O-].Cl.O=[N+]([O-])c1cc(Br)c(F)cc1F. The van der Waals surface area contributed by atoms with E-state index in [4.69, 9.17) is 0 Å². The molecular weight excluding hydrogens is 540 g/mol. The molecule has 2 aromatic carbocycles. The fourth-order valence-corrected chi connectivity index (χ4v) is 2.20. The van der Waals surface area contributed by atoms with Gasteiger partial charge in [0.05, 0.1) is 18.8 Å². The summed E-state index contributed by atoms with van der Waals surface area (Å²) in [4.78, 5) is 19.1. The highest BCUT2D eigenvalue weighted by Gasteiger charge is 2.17. The molecule has 3 N–H and O–H groups in total. The average Bonchev–Trinajstić information content (AvgIpc) is 2.61. The third-order valence-corrected chi connectivity index (χ3v) is 3.91. The summed E-state index contributed by atoms with van der Waals surface area (Å²) in [6, 6.07) is 3.44. The number of nitrogens with one attached hydrogen (secondary N) is 1. The van der Waals surface area contributed by atoms with Crippen molar-refractivity contribution < 1.29 is 23.0 Å². The number of anilines is 1. The summed E-state index contributed by atoms with van der Waals surface area (Å²) in [5, 5.41) is 23.1. The number of hydrogen-bond acceptors (Lipinski definition) is 6. The molecule has 156 valence electrons. The number of rotatable bonds is 3. The third kappa shape index (κ3) is 7.96. The van der Waals surface area contributed by atoms with Gasteiger partial charge in [0.2, 0.25) is 5.82 Å². The molecule has 0 spiro atoms. The second kappa shape index (κ2) is 13.3. The van der Waals surface area contributed by atoms with Gasteiger partial charge in [-0.2, -0.15) is 4.39 Å². The van der Waals surface area contributed by atoms with Crippen molar-refractivity contribution in [2.45, 2.75) is 0 Å². The number of halogens is 6. The standard InChI is InChI=1S/C7H6BrFN2O2.C6H2BrF2NO2.CH5N.ClH/c1-10-6-3-5(9)4(8)2-7(6)11(12)13;7-3-1-6(10(11)12)5(9)2-4(3)8;1-2;/h2-3,10H,1H3;1-2H;2H2,1H3;1H. The van der Waals surface area contributed by atoms with Crippen molar-refractivity contribution in [2.75, 3.05) is 19.4 Å². The maximum absolute atomic E-state index is 12.9. The second-order valence-electron chi connectivity index (χ2n) is 4.27. The number of nitro groups is 2. The zero-order chi connectivity index (χ0) is 21.3. The number of nitro benzene ring substituents is 2. The van der Waals surface area contributed by atoms with Crippen molar-refractivity contribution in [3.8, 4) is 0 Å². The summed E-state index contributed by atoms with van der Waals surface area (Å²) < 4.78 is 37.9. The Bertz CT molecular complexity index is 847. The lowest BCUT2D eigenvalue weighted by atomic mass is 10.2. The number of nitrogens with zero attached hydrogens (tertiary/aromatic N) is 2. The van der Waals surface area contributed by atoms with Crippen LogP contribution in [0, 0.1) is 37.7 Å². The van der Waals surface area contributed by atoms with Crippen LogP contribution in [0.25, 0.3) is 0 Å². The molecule has 0 atom stereocenters. The summed E-state index contributed by atoms with van der Waals surface area (Å²) in [5.41, 5.74) is 3.75. The Morgan fingerprint density at radius 2 is 1.25 bits per heavy atom. The van der Waals surface area contributed by atoms with Gasteiger partial charge in [-0.3, -0.25) is 20.2 Å². The zero-order valence-corrected chi connectivity index (χ0v) is 18.2. The Morgan fingerprint density at radius 3 is 1.64 bits per heavy atom. The minimum Gasteiger partial charge on any atom is -0.382 e. The molecule has 14 heteroatoms. The lowest BCUT2D eigenvalue weighted by Crippen LogP contribution is -1.97. The van der Waals surface area contributed by atoms with E-state index in [1.165, 1.54) is 14.1 Å². The molecule has 0 saturated heterocycles. The first-order chi connectivity index (χ1) is 12.6. The van der Waals surface area contributed by atoms with Crippen LogP contribution in [0.15, 0.2) is 33.2 Å². The smallest absolute Gasteiger partial charge is 0.306 e. The van der Waals surface area contributed by atoms with Gasteiger partial charge < -0.3 is 11.1 Å². The Kier molecular flexibility index (Phi) is 13.4. The van der Waals surface area contributed by atoms with Crippen molar-refractivity contribution >= 4 is 61.3 Å². The van der Waals surface area contributed by atoms with Crippen LogP contribution in [0.2, 0.25) is 0 Å².